The predicted molar refractivity (Wildman–Crippen MR) is 92.3 cm³/mol. The first-order valence-corrected chi connectivity index (χ1v) is 8.04. The van der Waals surface area contributed by atoms with Crippen LogP contribution < -0.4 is 4.90 Å². The fourth-order valence-electron chi connectivity index (χ4n) is 2.98. The second kappa shape index (κ2) is 7.18. The fraction of sp³-hybridized carbons (Fsp3) is 0.316. The quantitative estimate of drug-likeness (QED) is 0.850. The largest absolute Gasteiger partial charge is 0.346 e. The van der Waals surface area contributed by atoms with Crippen molar-refractivity contribution in [2.45, 2.75) is 32.2 Å². The Hall–Kier alpha value is -2.49. The highest BCUT2D eigenvalue weighted by molar-refractivity contribution is 5.85. The van der Waals surface area contributed by atoms with Gasteiger partial charge in [-0.25, -0.2) is 9.97 Å². The molecule has 0 N–H and O–H groups in total. The van der Waals surface area contributed by atoms with E-state index in [0.717, 1.165) is 31.6 Å². The number of anilines is 1. The summed E-state index contributed by atoms with van der Waals surface area (Å²) in [5.74, 6) is 1.74. The Morgan fingerprint density at radius 2 is 2.13 bits per heavy atom. The van der Waals surface area contributed by atoms with Crippen LogP contribution in [-0.4, -0.2) is 28.3 Å². The van der Waals surface area contributed by atoms with Crippen molar-refractivity contribution in [1.82, 2.24) is 9.97 Å². The molecule has 118 valence electrons. The third kappa shape index (κ3) is 3.83. The summed E-state index contributed by atoms with van der Waals surface area (Å²) in [6.07, 6.45) is 8.58. The third-order valence-electron chi connectivity index (χ3n) is 4.14. The maximum absolute atomic E-state index is 11.7. The molecule has 0 aliphatic carbocycles. The minimum Gasteiger partial charge on any atom is -0.346 e. The fourth-order valence-corrected chi connectivity index (χ4v) is 2.98. The predicted octanol–water partition coefficient (Wildman–Crippen LogP) is 3.29. The molecule has 2 aromatic rings. The van der Waals surface area contributed by atoms with Gasteiger partial charge in [0.25, 0.3) is 0 Å². The first kappa shape index (κ1) is 15.4. The van der Waals surface area contributed by atoms with E-state index in [0.29, 0.717) is 5.82 Å². The van der Waals surface area contributed by atoms with Gasteiger partial charge >= 0.3 is 0 Å². The Morgan fingerprint density at radius 1 is 1.30 bits per heavy atom. The Bertz CT molecular complexity index is 697. The lowest BCUT2D eigenvalue weighted by Gasteiger charge is -2.23. The monoisotopic (exact) mass is 307 g/mol. The van der Waals surface area contributed by atoms with Gasteiger partial charge in [-0.2, -0.15) is 0 Å². The number of aromatic nitrogens is 2. The summed E-state index contributed by atoms with van der Waals surface area (Å²) in [6, 6.07) is 12.1. The summed E-state index contributed by atoms with van der Waals surface area (Å²) in [6.45, 7) is 2.54. The molecule has 1 fully saturated rings. The number of benzene rings is 1. The molecule has 0 bridgehead atoms. The molecule has 0 amide bonds. The summed E-state index contributed by atoms with van der Waals surface area (Å²) >= 11 is 0. The Balaban J connectivity index is 1.71. The van der Waals surface area contributed by atoms with Crippen LogP contribution in [0.4, 0.5) is 5.82 Å². The molecule has 3 rings (SSSR count). The molecule has 4 nitrogen and oxygen atoms in total. The molecule has 1 aliphatic heterocycles. The van der Waals surface area contributed by atoms with Crippen molar-refractivity contribution in [1.29, 1.82) is 0 Å². The van der Waals surface area contributed by atoms with Crippen molar-refractivity contribution in [2.75, 3.05) is 11.4 Å². The number of nitrogens with zero attached hydrogens (tertiary/aromatic N) is 3. The highest BCUT2D eigenvalue weighted by Gasteiger charge is 2.29. The van der Waals surface area contributed by atoms with Crippen LogP contribution >= 0.6 is 0 Å². The molecule has 0 spiro atoms. The van der Waals surface area contributed by atoms with E-state index in [-0.39, 0.29) is 11.8 Å². The molecule has 2 heterocycles. The maximum Gasteiger partial charge on any atom is 0.153 e. The zero-order valence-electron chi connectivity index (χ0n) is 13.4. The average molecular weight is 307 g/mol. The van der Waals surface area contributed by atoms with Crippen LogP contribution in [0.1, 0.15) is 31.2 Å². The van der Waals surface area contributed by atoms with Crippen LogP contribution in [0.25, 0.3) is 6.08 Å². The van der Waals surface area contributed by atoms with Crippen molar-refractivity contribution >= 4 is 17.7 Å². The molecule has 1 saturated heterocycles. The molecule has 0 unspecified atom stereocenters. The Labute approximate surface area is 136 Å². The van der Waals surface area contributed by atoms with Crippen molar-refractivity contribution in [3.63, 3.8) is 0 Å². The van der Waals surface area contributed by atoms with E-state index in [2.05, 4.69) is 33.1 Å². The Kier molecular flexibility index (Phi) is 4.81. The Morgan fingerprint density at radius 3 is 2.91 bits per heavy atom. The van der Waals surface area contributed by atoms with E-state index >= 15 is 0 Å². The van der Waals surface area contributed by atoms with Crippen molar-refractivity contribution in [3.05, 3.63) is 60.1 Å². The number of carbonyl (C=O) groups is 1. The van der Waals surface area contributed by atoms with E-state index in [4.69, 9.17) is 0 Å². The number of rotatable bonds is 5. The van der Waals surface area contributed by atoms with Crippen LogP contribution in [-0.2, 0) is 11.2 Å². The van der Waals surface area contributed by atoms with Gasteiger partial charge in [0.15, 0.2) is 11.6 Å². The number of ketones is 1. The number of hydrogen-bond acceptors (Lipinski definition) is 4. The molecule has 1 aliphatic rings. The van der Waals surface area contributed by atoms with E-state index in [1.54, 1.807) is 13.1 Å². The van der Waals surface area contributed by atoms with Gasteiger partial charge in [0.1, 0.15) is 5.82 Å². The normalized spacial score (nSPS) is 17.8. The van der Waals surface area contributed by atoms with Crippen molar-refractivity contribution in [2.24, 2.45) is 0 Å². The number of Topliss-reactive ketones (excluding diaryl/α,β-unsaturated/α-hetero) is 1. The molecule has 0 saturated carbocycles. The summed E-state index contributed by atoms with van der Waals surface area (Å²) in [5, 5.41) is 0. The number of carbonyl (C=O) groups excluding carboxylic acids is 1. The summed E-state index contributed by atoms with van der Waals surface area (Å²) in [4.78, 5) is 22.7. The van der Waals surface area contributed by atoms with Gasteiger partial charge < -0.3 is 4.90 Å². The summed E-state index contributed by atoms with van der Waals surface area (Å²) < 4.78 is 0. The lowest BCUT2D eigenvalue weighted by molar-refractivity contribution is -0.118. The molecular weight excluding hydrogens is 286 g/mol. The smallest absolute Gasteiger partial charge is 0.153 e. The van der Waals surface area contributed by atoms with E-state index in [9.17, 15) is 4.79 Å². The van der Waals surface area contributed by atoms with Gasteiger partial charge in [-0.1, -0.05) is 36.4 Å². The van der Waals surface area contributed by atoms with Crippen LogP contribution in [0.3, 0.4) is 0 Å². The van der Waals surface area contributed by atoms with Crippen LogP contribution in [0.2, 0.25) is 0 Å². The second-order valence-corrected chi connectivity index (χ2v) is 5.83. The molecule has 4 heteroatoms. The van der Waals surface area contributed by atoms with Gasteiger partial charge in [-0.3, -0.25) is 4.79 Å². The molecule has 1 atom stereocenters. The molecular formula is C19H21N3O. The lowest BCUT2D eigenvalue weighted by Crippen LogP contribution is -2.35. The van der Waals surface area contributed by atoms with Crippen molar-refractivity contribution < 1.29 is 4.79 Å². The number of allylic oxidation sites excluding steroid dienone is 1. The van der Waals surface area contributed by atoms with E-state index in [1.165, 1.54) is 5.56 Å². The number of hydrogen-bond donors (Lipinski definition) is 0. The molecule has 1 aromatic heterocycles. The second-order valence-electron chi connectivity index (χ2n) is 5.83. The SMILES string of the molecule is CC(=O)[C@@H]1CCCN1c1ccnc(/C=C/Cc2ccccc2)n1. The zero-order chi connectivity index (χ0) is 16.1. The minimum absolute atomic E-state index is 0.0361. The summed E-state index contributed by atoms with van der Waals surface area (Å²) in [7, 11) is 0. The zero-order valence-corrected chi connectivity index (χ0v) is 13.4. The highest BCUT2D eigenvalue weighted by Crippen LogP contribution is 2.24. The molecule has 1 aromatic carbocycles. The lowest BCUT2D eigenvalue weighted by atomic mass is 10.1. The van der Waals surface area contributed by atoms with E-state index in [1.807, 2.05) is 30.3 Å². The van der Waals surface area contributed by atoms with Gasteiger partial charge in [0, 0.05) is 12.7 Å². The first-order valence-electron chi connectivity index (χ1n) is 8.04. The van der Waals surface area contributed by atoms with Crippen LogP contribution in [0.15, 0.2) is 48.7 Å². The van der Waals surface area contributed by atoms with Crippen molar-refractivity contribution in [3.8, 4) is 0 Å². The van der Waals surface area contributed by atoms with E-state index < -0.39 is 0 Å². The van der Waals surface area contributed by atoms with Crippen LogP contribution in [0, 0.1) is 0 Å². The minimum atomic E-state index is -0.0361. The van der Waals surface area contributed by atoms with Gasteiger partial charge in [-0.15, -0.1) is 0 Å². The first-order chi connectivity index (χ1) is 11.2. The van der Waals surface area contributed by atoms with Gasteiger partial charge in [0.05, 0.1) is 6.04 Å². The van der Waals surface area contributed by atoms with Crippen LogP contribution in [0.5, 0.6) is 0 Å². The molecule has 23 heavy (non-hydrogen) atoms. The maximum atomic E-state index is 11.7. The third-order valence-corrected chi connectivity index (χ3v) is 4.14. The molecule has 0 radical (unpaired) electrons. The average Bonchev–Trinajstić information content (AvgIpc) is 3.06. The topological polar surface area (TPSA) is 46.1 Å². The standard InChI is InChI=1S/C19H21N3O/c1-15(23)17-10-6-14-22(17)19-12-13-20-18(21-19)11-5-9-16-7-3-2-4-8-16/h2-5,7-8,11-13,17H,6,9-10,14H2,1H3/b11-5+/t17-/m0/s1. The van der Waals surface area contributed by atoms with Gasteiger partial charge in [0.2, 0.25) is 0 Å². The highest BCUT2D eigenvalue weighted by atomic mass is 16.1. The van der Waals surface area contributed by atoms with Gasteiger partial charge in [-0.05, 0) is 43.9 Å². The summed E-state index contributed by atoms with van der Waals surface area (Å²) in [5.41, 5.74) is 1.26.